The highest BCUT2D eigenvalue weighted by atomic mass is 32.2. The fourth-order valence-corrected chi connectivity index (χ4v) is 11.6. The number of aromatic nitrogens is 5. The molecule has 0 saturated heterocycles. The Kier molecular flexibility index (Phi) is 11.7. The first-order valence-corrected chi connectivity index (χ1v) is 24.9. The van der Waals surface area contributed by atoms with Gasteiger partial charge in [0.2, 0.25) is 5.13 Å². The lowest BCUT2D eigenvalue weighted by Crippen LogP contribution is -2.17. The molecular formula is C46H44N10O6S4. The van der Waals surface area contributed by atoms with Crippen LogP contribution in [0.4, 0.5) is 39.6 Å². The van der Waals surface area contributed by atoms with Gasteiger partial charge in [0, 0.05) is 11.1 Å². The molecule has 338 valence electrons. The predicted molar refractivity (Wildman–Crippen MR) is 259 cm³/mol. The zero-order valence-electron chi connectivity index (χ0n) is 37.5. The minimum atomic E-state index is -4.74. The normalized spacial score (nSPS) is 12.4. The van der Waals surface area contributed by atoms with Crippen molar-refractivity contribution >= 4 is 103 Å². The van der Waals surface area contributed by atoms with Gasteiger partial charge in [-0.3, -0.25) is 14.0 Å². The number of hydrogen-bond acceptors (Lipinski definition) is 15. The highest BCUT2D eigenvalue weighted by Crippen LogP contribution is 2.47. The van der Waals surface area contributed by atoms with E-state index in [1.807, 2.05) is 84.9 Å². The van der Waals surface area contributed by atoms with Crippen LogP contribution in [-0.4, -0.2) is 50.7 Å². The van der Waals surface area contributed by atoms with Gasteiger partial charge in [0.25, 0.3) is 20.2 Å². The number of azo groups is 1. The molecule has 4 aromatic heterocycles. The summed E-state index contributed by atoms with van der Waals surface area (Å²) in [6.45, 7) is 18.6. The van der Waals surface area contributed by atoms with Crippen molar-refractivity contribution in [1.29, 1.82) is 5.26 Å². The quantitative estimate of drug-likeness (QED) is 0.0857. The fourth-order valence-electron chi connectivity index (χ4n) is 8.14. The maximum absolute atomic E-state index is 13.0. The number of rotatable bonds is 10. The fraction of sp³-hybridized carbons (Fsp3) is 0.239. The molecule has 0 unspecified atom stereocenters. The molecule has 0 fully saturated rings. The van der Waals surface area contributed by atoms with Gasteiger partial charge in [-0.2, -0.15) is 31.9 Å². The van der Waals surface area contributed by atoms with Crippen molar-refractivity contribution in [2.45, 2.75) is 84.4 Å². The number of para-hydroxylation sites is 1. The van der Waals surface area contributed by atoms with Crippen molar-refractivity contribution in [2.75, 3.05) is 10.2 Å². The third kappa shape index (κ3) is 8.56. The SMILES string of the molecule is Cc1cc(C)c(Nc2nc(N(c3nc4ccc(S(=O)(=O)O)cc4s3)c3c(C)cc(C)c(S(=O)(=O)O)c3C)cc(C)c2/N=N/c2c(C#N)c(C(C)(C)C)nn2-c2nc3ccccc3s2)c(C)c1. The maximum atomic E-state index is 13.0. The molecule has 0 amide bonds. The summed E-state index contributed by atoms with van der Waals surface area (Å²) in [4.78, 5) is 15.9. The van der Waals surface area contributed by atoms with Crippen LogP contribution in [0, 0.1) is 59.8 Å². The van der Waals surface area contributed by atoms with E-state index >= 15 is 0 Å². The number of pyridine rings is 1. The minimum absolute atomic E-state index is 0.169. The number of anilines is 5. The van der Waals surface area contributed by atoms with Crippen LogP contribution in [0.15, 0.2) is 86.7 Å². The van der Waals surface area contributed by atoms with Crippen molar-refractivity contribution in [1.82, 2.24) is 24.7 Å². The zero-order valence-corrected chi connectivity index (χ0v) is 40.8. The van der Waals surface area contributed by atoms with Crippen molar-refractivity contribution in [3.8, 4) is 11.2 Å². The van der Waals surface area contributed by atoms with Gasteiger partial charge in [0.1, 0.15) is 28.0 Å². The van der Waals surface area contributed by atoms with Crippen molar-refractivity contribution in [3.63, 3.8) is 0 Å². The molecule has 0 bridgehead atoms. The highest BCUT2D eigenvalue weighted by Gasteiger charge is 2.31. The second-order valence-electron chi connectivity index (χ2n) is 17.1. The Morgan fingerprint density at radius 3 is 2.08 bits per heavy atom. The largest absolute Gasteiger partial charge is 0.338 e. The Balaban J connectivity index is 1.41. The highest BCUT2D eigenvalue weighted by molar-refractivity contribution is 7.86. The predicted octanol–water partition coefficient (Wildman–Crippen LogP) is 11.9. The molecule has 0 aliphatic carbocycles. The second-order valence-corrected chi connectivity index (χ2v) is 21.9. The standard InChI is InChI=1S/C46H44N10O6S4/c1-23-17-24(2)37(25(3)18-23)51-42-38(52-53-43-31(22-47)41(46(8,9)10)54-56(43)45-49-32-13-11-12-14-34(32)63-45)26(4)20-36(50-42)55(39-27(5)19-28(6)40(29(39)7)66(60,61)62)44-48-33-16-15-30(65(57,58)59)21-35(33)64-44/h11-21H,1-10H3,(H,50,51)(H,57,58,59)(H,60,61,62)/b53-52+. The van der Waals surface area contributed by atoms with E-state index in [1.165, 1.54) is 29.5 Å². The number of fused-ring (bicyclic) bond motifs is 2. The summed E-state index contributed by atoms with van der Waals surface area (Å²) in [5.41, 5.74) is 7.29. The number of nitrogens with one attached hydrogen (secondary N) is 1. The van der Waals surface area contributed by atoms with Gasteiger partial charge in [-0.1, -0.05) is 79.3 Å². The number of nitrogens with zero attached hydrogens (tertiary/aromatic N) is 9. The van der Waals surface area contributed by atoms with Gasteiger partial charge in [-0.25, -0.2) is 15.0 Å². The molecule has 3 N–H and O–H groups in total. The topological polar surface area (TPSA) is 229 Å². The summed E-state index contributed by atoms with van der Waals surface area (Å²) in [6, 6.07) is 21.4. The Labute approximate surface area is 389 Å². The molecule has 4 heterocycles. The van der Waals surface area contributed by atoms with E-state index in [0.717, 1.165) is 43.9 Å². The number of nitriles is 1. The summed E-state index contributed by atoms with van der Waals surface area (Å²) >= 11 is 2.48. The van der Waals surface area contributed by atoms with Crippen LogP contribution in [0.3, 0.4) is 0 Å². The molecule has 0 radical (unpaired) electrons. The van der Waals surface area contributed by atoms with E-state index in [-0.39, 0.29) is 43.5 Å². The molecule has 16 nitrogen and oxygen atoms in total. The van der Waals surface area contributed by atoms with Crippen LogP contribution in [0.25, 0.3) is 25.6 Å². The second kappa shape index (κ2) is 16.8. The molecule has 8 aromatic rings. The van der Waals surface area contributed by atoms with Gasteiger partial charge in [-0.15, -0.1) is 10.2 Å². The van der Waals surface area contributed by atoms with Crippen LogP contribution < -0.4 is 10.2 Å². The third-order valence-corrected chi connectivity index (χ3v) is 14.9. The lowest BCUT2D eigenvalue weighted by molar-refractivity contribution is 0.480. The van der Waals surface area contributed by atoms with E-state index < -0.39 is 25.7 Å². The average Bonchev–Trinajstić information content (AvgIpc) is 3.94. The van der Waals surface area contributed by atoms with Crippen LogP contribution in [0.5, 0.6) is 0 Å². The molecule has 8 rings (SSSR count). The monoisotopic (exact) mass is 960 g/mol. The van der Waals surface area contributed by atoms with Gasteiger partial charge < -0.3 is 5.32 Å². The summed E-state index contributed by atoms with van der Waals surface area (Å²) in [5, 5.41) is 29.4. The Hall–Kier alpha value is -6.47. The van der Waals surface area contributed by atoms with Gasteiger partial charge >= 0.3 is 0 Å². The maximum Gasteiger partial charge on any atom is 0.295 e. The molecule has 66 heavy (non-hydrogen) atoms. The van der Waals surface area contributed by atoms with E-state index in [0.29, 0.717) is 49.1 Å². The van der Waals surface area contributed by atoms with E-state index in [1.54, 1.807) is 42.5 Å². The Morgan fingerprint density at radius 1 is 0.758 bits per heavy atom. The van der Waals surface area contributed by atoms with Gasteiger partial charge in [-0.05, 0) is 118 Å². The Bertz CT molecular complexity index is 3560. The molecule has 20 heteroatoms. The first kappa shape index (κ1) is 46.1. The third-order valence-electron chi connectivity index (χ3n) is 10.9. The average molecular weight is 961 g/mol. The molecule has 0 aliphatic heterocycles. The molecule has 0 spiro atoms. The lowest BCUT2D eigenvalue weighted by Gasteiger charge is -2.28. The van der Waals surface area contributed by atoms with Gasteiger partial charge in [0.05, 0.1) is 36.7 Å². The summed E-state index contributed by atoms with van der Waals surface area (Å²) in [5.74, 6) is 0.651. The lowest BCUT2D eigenvalue weighted by atomic mass is 9.90. The summed E-state index contributed by atoms with van der Waals surface area (Å²) < 4.78 is 73.6. The smallest absolute Gasteiger partial charge is 0.295 e. The molecule has 0 atom stereocenters. The van der Waals surface area contributed by atoms with Crippen molar-refractivity contribution < 1.29 is 25.9 Å². The van der Waals surface area contributed by atoms with E-state index in [2.05, 4.69) is 11.4 Å². The van der Waals surface area contributed by atoms with Crippen LogP contribution >= 0.6 is 22.7 Å². The number of thiazole rings is 2. The first-order chi connectivity index (χ1) is 30.9. The van der Waals surface area contributed by atoms with E-state index in [9.17, 15) is 31.2 Å². The van der Waals surface area contributed by atoms with Gasteiger partial charge in [0.15, 0.2) is 16.8 Å². The molecule has 4 aromatic carbocycles. The number of benzene rings is 4. The summed E-state index contributed by atoms with van der Waals surface area (Å²) in [7, 11) is -9.30. The number of aryl methyl sites for hydroxylation is 6. The van der Waals surface area contributed by atoms with Crippen LogP contribution in [0.1, 0.15) is 71.0 Å². The van der Waals surface area contributed by atoms with E-state index in [4.69, 9.17) is 30.3 Å². The van der Waals surface area contributed by atoms with Crippen molar-refractivity contribution in [3.05, 3.63) is 117 Å². The summed E-state index contributed by atoms with van der Waals surface area (Å²) in [6.07, 6.45) is 0. The first-order valence-electron chi connectivity index (χ1n) is 20.4. The molecule has 0 saturated carbocycles. The Morgan fingerprint density at radius 2 is 1.44 bits per heavy atom. The van der Waals surface area contributed by atoms with Crippen LogP contribution in [-0.2, 0) is 25.7 Å². The zero-order chi connectivity index (χ0) is 47.8. The van der Waals surface area contributed by atoms with Crippen molar-refractivity contribution in [2.24, 2.45) is 10.2 Å². The van der Waals surface area contributed by atoms with Crippen LogP contribution in [0.2, 0.25) is 0 Å². The molecular weight excluding hydrogens is 917 g/mol. The molecule has 0 aliphatic rings. The minimum Gasteiger partial charge on any atom is -0.338 e. The number of hydrogen-bond donors (Lipinski definition) is 3.